The number of nitrogens with one attached hydrogen (secondary N) is 1. The Hall–Kier alpha value is -1.64. The van der Waals surface area contributed by atoms with Crippen LogP contribution in [0.4, 0.5) is 6.01 Å². The lowest BCUT2D eigenvalue weighted by molar-refractivity contribution is 0.228. The minimum Gasteiger partial charge on any atom is -0.335 e. The summed E-state index contributed by atoms with van der Waals surface area (Å²) in [6.07, 6.45) is 3.08. The van der Waals surface area contributed by atoms with E-state index in [2.05, 4.69) is 20.4 Å². The topological polar surface area (TPSA) is 88.3 Å². The number of hydrogen-bond donors (Lipinski definition) is 1. The second-order valence-corrected chi connectivity index (χ2v) is 9.02. The fourth-order valence-electron chi connectivity index (χ4n) is 2.80. The van der Waals surface area contributed by atoms with E-state index >= 15 is 0 Å². The van der Waals surface area contributed by atoms with Gasteiger partial charge in [-0.05, 0) is 25.0 Å². The second kappa shape index (κ2) is 7.72. The molecule has 0 unspecified atom stereocenters. The zero-order chi connectivity index (χ0) is 17.9. The molecule has 0 bridgehead atoms. The van der Waals surface area contributed by atoms with E-state index in [9.17, 15) is 8.42 Å². The Labute approximate surface area is 152 Å². The summed E-state index contributed by atoms with van der Waals surface area (Å²) in [5, 5.41) is 7.86. The standard InChI is InChI=1S/C16H21ClN4O3S/c1-25(22,23)10-9-21-7-5-14(6-8-21)18-16-19-15(20-24-16)12-3-2-4-13(17)11-12/h2-4,11,14H,5-10H2,1H3,(H,18,19,20). The molecule has 0 amide bonds. The zero-order valence-corrected chi connectivity index (χ0v) is 15.6. The first-order chi connectivity index (χ1) is 11.9. The first-order valence-corrected chi connectivity index (χ1v) is 10.6. The van der Waals surface area contributed by atoms with Crippen LogP contribution in [0, 0.1) is 0 Å². The van der Waals surface area contributed by atoms with Gasteiger partial charge in [0.05, 0.1) is 5.75 Å². The molecule has 0 saturated carbocycles. The van der Waals surface area contributed by atoms with Gasteiger partial charge in [-0.1, -0.05) is 28.9 Å². The third-order valence-corrected chi connectivity index (χ3v) is 5.36. The predicted octanol–water partition coefficient (Wildman–Crippen LogP) is 2.31. The summed E-state index contributed by atoms with van der Waals surface area (Å²) in [6.45, 7) is 2.29. The number of anilines is 1. The monoisotopic (exact) mass is 384 g/mol. The third kappa shape index (κ3) is 5.42. The van der Waals surface area contributed by atoms with Crippen molar-refractivity contribution in [3.63, 3.8) is 0 Å². The van der Waals surface area contributed by atoms with Crippen LogP contribution in [0.1, 0.15) is 12.8 Å². The van der Waals surface area contributed by atoms with Crippen LogP contribution >= 0.6 is 11.6 Å². The van der Waals surface area contributed by atoms with Crippen LogP contribution in [0.15, 0.2) is 28.8 Å². The van der Waals surface area contributed by atoms with Crippen LogP contribution in [-0.4, -0.2) is 61.1 Å². The summed E-state index contributed by atoms with van der Waals surface area (Å²) in [5.41, 5.74) is 0.805. The summed E-state index contributed by atoms with van der Waals surface area (Å²) < 4.78 is 27.8. The van der Waals surface area contributed by atoms with Crippen molar-refractivity contribution in [3.05, 3.63) is 29.3 Å². The van der Waals surface area contributed by atoms with Gasteiger partial charge < -0.3 is 14.7 Å². The van der Waals surface area contributed by atoms with Crippen molar-refractivity contribution < 1.29 is 12.9 Å². The molecule has 9 heteroatoms. The highest BCUT2D eigenvalue weighted by atomic mass is 35.5. The summed E-state index contributed by atoms with van der Waals surface area (Å²) >= 11 is 5.98. The van der Waals surface area contributed by atoms with Crippen LogP contribution in [-0.2, 0) is 9.84 Å². The Kier molecular flexibility index (Phi) is 5.61. The maximum Gasteiger partial charge on any atom is 0.322 e. The lowest BCUT2D eigenvalue weighted by atomic mass is 10.1. The number of nitrogens with zero attached hydrogens (tertiary/aromatic N) is 3. The smallest absolute Gasteiger partial charge is 0.322 e. The number of piperidine rings is 1. The van der Waals surface area contributed by atoms with Crippen molar-refractivity contribution in [2.75, 3.05) is 37.0 Å². The molecule has 7 nitrogen and oxygen atoms in total. The minimum atomic E-state index is -2.91. The normalized spacial score (nSPS) is 16.9. The highest BCUT2D eigenvalue weighted by molar-refractivity contribution is 7.90. The first kappa shape index (κ1) is 18.2. The van der Waals surface area contributed by atoms with E-state index < -0.39 is 9.84 Å². The quantitative estimate of drug-likeness (QED) is 0.817. The molecule has 0 spiro atoms. The highest BCUT2D eigenvalue weighted by Crippen LogP contribution is 2.22. The third-order valence-electron chi connectivity index (χ3n) is 4.20. The molecule has 1 aliphatic rings. The molecule has 0 atom stereocenters. The molecule has 25 heavy (non-hydrogen) atoms. The van der Waals surface area contributed by atoms with E-state index in [1.165, 1.54) is 6.26 Å². The Morgan fingerprint density at radius 1 is 1.36 bits per heavy atom. The van der Waals surface area contributed by atoms with Crippen molar-refractivity contribution in [2.24, 2.45) is 0 Å². The van der Waals surface area contributed by atoms with Gasteiger partial charge in [0.15, 0.2) is 0 Å². The maximum absolute atomic E-state index is 11.2. The van der Waals surface area contributed by atoms with Crippen LogP contribution < -0.4 is 5.32 Å². The number of sulfone groups is 1. The molecular formula is C16H21ClN4O3S. The SMILES string of the molecule is CS(=O)(=O)CCN1CCC(Nc2nc(-c3cccc(Cl)c3)no2)CC1. The molecule has 2 aromatic rings. The Morgan fingerprint density at radius 3 is 2.80 bits per heavy atom. The molecule has 0 radical (unpaired) electrons. The zero-order valence-electron chi connectivity index (χ0n) is 14.0. The van der Waals surface area contributed by atoms with Crippen LogP contribution in [0.2, 0.25) is 5.02 Å². The summed E-state index contributed by atoms with van der Waals surface area (Å²) in [7, 11) is -2.91. The Balaban J connectivity index is 1.51. The van der Waals surface area contributed by atoms with Crippen molar-refractivity contribution in [2.45, 2.75) is 18.9 Å². The average molecular weight is 385 g/mol. The van der Waals surface area contributed by atoms with Gasteiger partial charge >= 0.3 is 6.01 Å². The van der Waals surface area contributed by atoms with E-state index in [1.807, 2.05) is 12.1 Å². The van der Waals surface area contributed by atoms with E-state index in [4.69, 9.17) is 16.1 Å². The largest absolute Gasteiger partial charge is 0.335 e. The van der Waals surface area contributed by atoms with Gasteiger partial charge in [0, 0.05) is 42.5 Å². The number of hydrogen-bond acceptors (Lipinski definition) is 7. The predicted molar refractivity (Wildman–Crippen MR) is 97.5 cm³/mol. The van der Waals surface area contributed by atoms with Crippen molar-refractivity contribution in [1.82, 2.24) is 15.0 Å². The average Bonchev–Trinajstić information content (AvgIpc) is 3.02. The molecule has 0 aliphatic carbocycles. The Morgan fingerprint density at radius 2 is 2.12 bits per heavy atom. The molecule has 2 heterocycles. The molecule has 1 aromatic heterocycles. The molecule has 1 aromatic carbocycles. The maximum atomic E-state index is 11.2. The van der Waals surface area contributed by atoms with E-state index in [0.717, 1.165) is 31.5 Å². The van der Waals surface area contributed by atoms with Crippen molar-refractivity contribution >= 4 is 27.5 Å². The number of benzene rings is 1. The molecule has 3 rings (SSSR count). The number of rotatable bonds is 6. The summed E-state index contributed by atoms with van der Waals surface area (Å²) in [6, 6.07) is 7.93. The van der Waals surface area contributed by atoms with Gasteiger partial charge in [0.2, 0.25) is 5.82 Å². The molecule has 136 valence electrons. The van der Waals surface area contributed by atoms with Crippen LogP contribution in [0.25, 0.3) is 11.4 Å². The van der Waals surface area contributed by atoms with Crippen molar-refractivity contribution in [3.8, 4) is 11.4 Å². The molecule has 1 saturated heterocycles. The lowest BCUT2D eigenvalue weighted by Gasteiger charge is -2.31. The van der Waals surface area contributed by atoms with Crippen LogP contribution in [0.5, 0.6) is 0 Å². The summed E-state index contributed by atoms with van der Waals surface area (Å²) in [4.78, 5) is 6.53. The van der Waals surface area contributed by atoms with Crippen molar-refractivity contribution in [1.29, 1.82) is 0 Å². The number of halogens is 1. The molecular weight excluding hydrogens is 364 g/mol. The lowest BCUT2D eigenvalue weighted by Crippen LogP contribution is -2.41. The van der Waals surface area contributed by atoms with E-state index in [0.29, 0.717) is 23.4 Å². The Bertz CT molecular complexity index is 816. The van der Waals surface area contributed by atoms with E-state index in [-0.39, 0.29) is 11.8 Å². The van der Waals surface area contributed by atoms with Gasteiger partial charge in [0.1, 0.15) is 9.84 Å². The first-order valence-electron chi connectivity index (χ1n) is 8.15. The van der Waals surface area contributed by atoms with Gasteiger partial charge in [0.25, 0.3) is 0 Å². The molecule has 1 fully saturated rings. The minimum absolute atomic E-state index is 0.206. The van der Waals surface area contributed by atoms with Gasteiger partial charge in [-0.3, -0.25) is 0 Å². The fourth-order valence-corrected chi connectivity index (χ4v) is 3.58. The molecule has 1 aliphatic heterocycles. The number of aromatic nitrogens is 2. The van der Waals surface area contributed by atoms with E-state index in [1.54, 1.807) is 12.1 Å². The second-order valence-electron chi connectivity index (χ2n) is 6.32. The highest BCUT2D eigenvalue weighted by Gasteiger charge is 2.21. The number of likely N-dealkylation sites (tertiary alicyclic amines) is 1. The van der Waals surface area contributed by atoms with Crippen LogP contribution in [0.3, 0.4) is 0 Å². The van der Waals surface area contributed by atoms with Gasteiger partial charge in [-0.2, -0.15) is 4.98 Å². The molecule has 1 N–H and O–H groups in total. The fraction of sp³-hybridized carbons (Fsp3) is 0.500. The van der Waals surface area contributed by atoms with Gasteiger partial charge in [-0.25, -0.2) is 8.42 Å². The summed E-state index contributed by atoms with van der Waals surface area (Å²) in [5.74, 6) is 0.702. The van der Waals surface area contributed by atoms with Gasteiger partial charge in [-0.15, -0.1) is 0 Å².